The number of allylic oxidation sites excluding steroid dienone is 2. The Balaban J connectivity index is 2.26. The molecule has 1 aromatic rings. The second-order valence-electron chi connectivity index (χ2n) is 6.59. The predicted molar refractivity (Wildman–Crippen MR) is 96.9 cm³/mol. The lowest BCUT2D eigenvalue weighted by molar-refractivity contribution is -0.160. The van der Waals surface area contributed by atoms with E-state index in [2.05, 4.69) is 5.32 Å². The summed E-state index contributed by atoms with van der Waals surface area (Å²) in [5.41, 5.74) is -1.22. The molecule has 2 atom stereocenters. The summed E-state index contributed by atoms with van der Waals surface area (Å²) in [5, 5.41) is 2.36. The third kappa shape index (κ3) is 7.04. The van der Waals surface area contributed by atoms with E-state index in [-0.39, 0.29) is 24.6 Å². The number of amides is 1. The molecule has 1 amide bonds. The van der Waals surface area contributed by atoms with Gasteiger partial charge in [-0.15, -0.1) is 0 Å². The number of rotatable bonds is 7. The monoisotopic (exact) mass is 451 g/mol. The molecule has 170 valence electrons. The van der Waals surface area contributed by atoms with Crippen LogP contribution in [0.5, 0.6) is 5.75 Å². The quantitative estimate of drug-likeness (QED) is 0.384. The fraction of sp³-hybridized carbons (Fsp3) is 0.400. The lowest BCUT2D eigenvalue weighted by Crippen LogP contribution is -2.35. The number of alkyl halides is 6. The number of ether oxygens (including phenoxy) is 2. The molecule has 0 aliphatic heterocycles. The van der Waals surface area contributed by atoms with Crippen LogP contribution in [0.25, 0.3) is 0 Å². The van der Waals surface area contributed by atoms with Crippen LogP contribution < -0.4 is 10.1 Å². The first-order valence-corrected chi connectivity index (χ1v) is 9.08. The van der Waals surface area contributed by atoms with E-state index < -0.39 is 48.1 Å². The first-order valence-electron chi connectivity index (χ1n) is 9.08. The van der Waals surface area contributed by atoms with Crippen LogP contribution in [0, 0.1) is 5.92 Å². The first kappa shape index (κ1) is 24.3. The SMILES string of the molecule is CC(=O)NCCOC(=O)C(Oc1ccccc1C(F)(F)F)C1=CCC(C(F)(F)F)C=C1. The van der Waals surface area contributed by atoms with Gasteiger partial charge in [-0.25, -0.2) is 4.79 Å². The van der Waals surface area contributed by atoms with Gasteiger partial charge in [-0.3, -0.25) is 4.79 Å². The van der Waals surface area contributed by atoms with E-state index in [1.807, 2.05) is 0 Å². The third-order valence-electron chi connectivity index (χ3n) is 4.22. The Morgan fingerprint density at radius 2 is 1.84 bits per heavy atom. The average molecular weight is 451 g/mol. The predicted octanol–water partition coefficient (Wildman–Crippen LogP) is 4.20. The standard InChI is InChI=1S/C20H19F6NO4/c1-12(28)27-10-11-30-18(29)17(13-6-8-14(9-7-13)19(21,22)23)31-16-5-3-2-4-15(16)20(24,25)26/h2-8,14,17H,9-11H2,1H3,(H,27,28). The molecule has 2 rings (SSSR count). The van der Waals surface area contributed by atoms with Crippen molar-refractivity contribution in [2.24, 2.45) is 5.92 Å². The number of halogens is 6. The Labute approximate surface area is 173 Å². The summed E-state index contributed by atoms with van der Waals surface area (Å²) in [7, 11) is 0. The fourth-order valence-corrected chi connectivity index (χ4v) is 2.71. The summed E-state index contributed by atoms with van der Waals surface area (Å²) in [6.07, 6.45) is -8.65. The van der Waals surface area contributed by atoms with Gasteiger partial charge in [0.25, 0.3) is 0 Å². The summed E-state index contributed by atoms with van der Waals surface area (Å²) in [4.78, 5) is 23.4. The smallest absolute Gasteiger partial charge is 0.419 e. The number of carbonyl (C=O) groups is 2. The van der Waals surface area contributed by atoms with Crippen molar-refractivity contribution in [3.8, 4) is 5.75 Å². The van der Waals surface area contributed by atoms with Crippen LogP contribution in [0.3, 0.4) is 0 Å². The van der Waals surface area contributed by atoms with Gasteiger partial charge in [0.1, 0.15) is 12.4 Å². The van der Waals surface area contributed by atoms with Gasteiger partial charge < -0.3 is 14.8 Å². The molecule has 0 aromatic heterocycles. The summed E-state index contributed by atoms with van der Waals surface area (Å²) in [6.45, 7) is 0.871. The molecular formula is C20H19F6NO4. The van der Waals surface area contributed by atoms with Gasteiger partial charge in [-0.2, -0.15) is 26.3 Å². The number of carbonyl (C=O) groups excluding carboxylic acids is 2. The molecule has 0 fully saturated rings. The zero-order valence-electron chi connectivity index (χ0n) is 16.2. The third-order valence-corrected chi connectivity index (χ3v) is 4.22. The van der Waals surface area contributed by atoms with Crippen LogP contribution >= 0.6 is 0 Å². The van der Waals surface area contributed by atoms with E-state index in [9.17, 15) is 35.9 Å². The Hall–Kier alpha value is -2.98. The molecule has 0 saturated heterocycles. The molecule has 0 radical (unpaired) electrons. The molecule has 1 aromatic carbocycles. The maximum atomic E-state index is 13.3. The van der Waals surface area contributed by atoms with Crippen molar-refractivity contribution in [2.75, 3.05) is 13.2 Å². The highest BCUT2D eigenvalue weighted by atomic mass is 19.4. The molecule has 0 saturated carbocycles. The van der Waals surface area contributed by atoms with E-state index in [0.717, 1.165) is 36.4 Å². The van der Waals surface area contributed by atoms with Crippen LogP contribution in [-0.2, 0) is 20.5 Å². The lowest BCUT2D eigenvalue weighted by atomic mass is 9.93. The number of hydrogen-bond donors (Lipinski definition) is 1. The molecule has 0 bridgehead atoms. The molecule has 0 heterocycles. The Morgan fingerprint density at radius 3 is 2.39 bits per heavy atom. The van der Waals surface area contributed by atoms with Gasteiger partial charge in [0.2, 0.25) is 12.0 Å². The molecule has 5 nitrogen and oxygen atoms in total. The van der Waals surface area contributed by atoms with E-state index in [4.69, 9.17) is 9.47 Å². The topological polar surface area (TPSA) is 64.6 Å². The van der Waals surface area contributed by atoms with Crippen LogP contribution in [0.4, 0.5) is 26.3 Å². The average Bonchev–Trinajstić information content (AvgIpc) is 2.68. The van der Waals surface area contributed by atoms with Gasteiger partial charge in [0.15, 0.2) is 0 Å². The van der Waals surface area contributed by atoms with Crippen molar-refractivity contribution in [3.63, 3.8) is 0 Å². The maximum Gasteiger partial charge on any atom is 0.419 e. The molecule has 2 unspecified atom stereocenters. The van der Waals surface area contributed by atoms with Gasteiger partial charge in [-0.05, 0) is 24.1 Å². The van der Waals surface area contributed by atoms with E-state index in [1.54, 1.807) is 0 Å². The van der Waals surface area contributed by atoms with Crippen molar-refractivity contribution in [3.05, 3.63) is 53.6 Å². The van der Waals surface area contributed by atoms with E-state index in [1.165, 1.54) is 13.0 Å². The van der Waals surface area contributed by atoms with E-state index >= 15 is 0 Å². The normalized spacial score (nSPS) is 17.5. The number of hydrogen-bond acceptors (Lipinski definition) is 4. The summed E-state index contributed by atoms with van der Waals surface area (Å²) in [5.74, 6) is -3.95. The van der Waals surface area contributed by atoms with Gasteiger partial charge >= 0.3 is 18.3 Å². The minimum atomic E-state index is -4.78. The van der Waals surface area contributed by atoms with Crippen molar-refractivity contribution >= 4 is 11.9 Å². The summed E-state index contributed by atoms with van der Waals surface area (Å²) in [6, 6.07) is 4.13. The Morgan fingerprint density at radius 1 is 1.16 bits per heavy atom. The zero-order valence-corrected chi connectivity index (χ0v) is 16.2. The molecular weight excluding hydrogens is 432 g/mol. The minimum Gasteiger partial charge on any atom is -0.473 e. The number of esters is 1. The van der Waals surface area contributed by atoms with Gasteiger partial charge in [-0.1, -0.05) is 30.4 Å². The van der Waals surface area contributed by atoms with E-state index in [0.29, 0.717) is 0 Å². The second kappa shape index (κ2) is 9.88. The molecule has 31 heavy (non-hydrogen) atoms. The largest absolute Gasteiger partial charge is 0.473 e. The fourth-order valence-electron chi connectivity index (χ4n) is 2.71. The van der Waals surface area contributed by atoms with Crippen LogP contribution in [0.2, 0.25) is 0 Å². The van der Waals surface area contributed by atoms with Crippen molar-refractivity contribution in [2.45, 2.75) is 31.8 Å². The maximum absolute atomic E-state index is 13.3. The lowest BCUT2D eigenvalue weighted by Gasteiger charge is -2.25. The first-order chi connectivity index (χ1) is 14.4. The summed E-state index contributed by atoms with van der Waals surface area (Å²) < 4.78 is 88.6. The highest BCUT2D eigenvalue weighted by Gasteiger charge is 2.40. The van der Waals surface area contributed by atoms with Crippen LogP contribution in [0.15, 0.2) is 48.1 Å². The van der Waals surface area contributed by atoms with Gasteiger partial charge in [0, 0.05) is 6.92 Å². The minimum absolute atomic E-state index is 0.0576. The van der Waals surface area contributed by atoms with Gasteiger partial charge in [0.05, 0.1) is 18.0 Å². The molecule has 1 aliphatic carbocycles. The highest BCUT2D eigenvalue weighted by molar-refractivity contribution is 5.80. The highest BCUT2D eigenvalue weighted by Crippen LogP contribution is 2.38. The Kier molecular flexibility index (Phi) is 7.75. The zero-order chi connectivity index (χ0) is 23.2. The molecule has 11 heteroatoms. The molecule has 0 spiro atoms. The Bertz CT molecular complexity index is 860. The van der Waals surface area contributed by atoms with Crippen molar-refractivity contribution in [1.82, 2.24) is 5.32 Å². The second-order valence-corrected chi connectivity index (χ2v) is 6.59. The number of nitrogens with one attached hydrogen (secondary N) is 1. The van der Waals surface area contributed by atoms with Crippen molar-refractivity contribution in [1.29, 1.82) is 0 Å². The van der Waals surface area contributed by atoms with Crippen LogP contribution in [-0.4, -0.2) is 37.3 Å². The summed E-state index contributed by atoms with van der Waals surface area (Å²) >= 11 is 0. The molecule has 1 N–H and O–H groups in total. The van der Waals surface area contributed by atoms with Crippen molar-refractivity contribution < 1.29 is 45.4 Å². The molecule has 1 aliphatic rings. The van der Waals surface area contributed by atoms with Crippen LogP contribution in [0.1, 0.15) is 18.9 Å². The number of benzene rings is 1. The number of para-hydroxylation sites is 1.